The fraction of sp³-hybridized carbons (Fsp3) is 0.462. The molecule has 1 aromatic heterocycles. The fourth-order valence-corrected chi connectivity index (χ4v) is 4.99. The van der Waals surface area contributed by atoms with Gasteiger partial charge in [-0.15, -0.1) is 0 Å². The molecule has 1 aliphatic carbocycles. The minimum absolute atomic E-state index is 0.189. The van der Waals surface area contributed by atoms with Crippen LogP contribution < -0.4 is 0 Å². The summed E-state index contributed by atoms with van der Waals surface area (Å²) in [5.74, 6) is 1.00. The number of hydrogen-bond donors (Lipinski definition) is 0. The molecule has 1 atom stereocenters. The highest BCUT2D eigenvalue weighted by atomic mass is 35.5. The molecular weight excluding hydrogens is 392 g/mol. The maximum absolute atomic E-state index is 13.0. The van der Waals surface area contributed by atoms with Gasteiger partial charge in [-0.3, -0.25) is 9.78 Å². The number of amides is 1. The number of benzene rings is 1. The summed E-state index contributed by atoms with van der Waals surface area (Å²) < 4.78 is 0. The maximum atomic E-state index is 13.0. The first-order chi connectivity index (χ1) is 14.5. The molecule has 1 aliphatic heterocycles. The lowest BCUT2D eigenvalue weighted by atomic mass is 9.83. The summed E-state index contributed by atoms with van der Waals surface area (Å²) in [4.78, 5) is 19.8. The normalized spacial score (nSPS) is 20.5. The van der Waals surface area contributed by atoms with Crippen molar-refractivity contribution in [2.24, 2.45) is 5.92 Å². The predicted molar refractivity (Wildman–Crippen MR) is 123 cm³/mol. The van der Waals surface area contributed by atoms with Gasteiger partial charge in [-0.25, -0.2) is 0 Å². The molecule has 1 amide bonds. The molecule has 4 rings (SSSR count). The standard InChI is InChI=1S/C26H31ClN2O/c1-18-6-8-23(14-19(18)2)26(30)29-12-10-22(11-13-29)25-9-7-21(17-28-25)15-20-4-3-5-24(27)16-20/h3-5,7,9,16-17,22-23H,6,8,10-15H2,1-2H3/t23-/m0/s1. The van der Waals surface area contributed by atoms with Gasteiger partial charge in [-0.1, -0.05) is 40.9 Å². The number of hydrogen-bond acceptors (Lipinski definition) is 2. The fourth-order valence-electron chi connectivity index (χ4n) is 4.78. The molecule has 0 unspecified atom stereocenters. The van der Waals surface area contributed by atoms with Crippen LogP contribution in [0.1, 0.15) is 68.7 Å². The van der Waals surface area contributed by atoms with Crippen LogP contribution in [0.25, 0.3) is 0 Å². The second-order valence-corrected chi connectivity index (χ2v) is 9.43. The average Bonchev–Trinajstić information content (AvgIpc) is 2.76. The zero-order valence-electron chi connectivity index (χ0n) is 18.0. The van der Waals surface area contributed by atoms with Gasteiger partial charge in [0, 0.05) is 41.8 Å². The summed E-state index contributed by atoms with van der Waals surface area (Å²) in [6, 6.07) is 12.3. The largest absolute Gasteiger partial charge is 0.342 e. The van der Waals surface area contributed by atoms with Crippen molar-refractivity contribution >= 4 is 17.5 Å². The molecule has 1 fully saturated rings. The van der Waals surface area contributed by atoms with E-state index in [9.17, 15) is 4.79 Å². The van der Waals surface area contributed by atoms with Crippen LogP contribution in [-0.4, -0.2) is 28.9 Å². The first-order valence-corrected chi connectivity index (χ1v) is 11.5. The van der Waals surface area contributed by atoms with Crippen LogP contribution in [-0.2, 0) is 11.2 Å². The van der Waals surface area contributed by atoms with Crippen molar-refractivity contribution in [3.8, 4) is 0 Å². The van der Waals surface area contributed by atoms with Gasteiger partial charge in [0.2, 0.25) is 5.91 Å². The summed E-state index contributed by atoms with van der Waals surface area (Å²) in [6.45, 7) is 6.10. The van der Waals surface area contributed by atoms with Gasteiger partial charge >= 0.3 is 0 Å². The van der Waals surface area contributed by atoms with Gasteiger partial charge in [0.25, 0.3) is 0 Å². The van der Waals surface area contributed by atoms with E-state index in [0.29, 0.717) is 11.8 Å². The van der Waals surface area contributed by atoms with Crippen molar-refractivity contribution in [1.29, 1.82) is 0 Å². The van der Waals surface area contributed by atoms with E-state index in [-0.39, 0.29) is 5.92 Å². The van der Waals surface area contributed by atoms with E-state index in [2.05, 4.69) is 36.9 Å². The molecule has 2 aliphatic rings. The first kappa shape index (κ1) is 21.1. The molecule has 0 bridgehead atoms. The number of allylic oxidation sites excluding steroid dienone is 2. The Kier molecular flexibility index (Phi) is 6.58. The molecule has 3 nitrogen and oxygen atoms in total. The van der Waals surface area contributed by atoms with Crippen LogP contribution in [0, 0.1) is 5.92 Å². The van der Waals surface area contributed by atoms with E-state index in [1.807, 2.05) is 24.4 Å². The summed E-state index contributed by atoms with van der Waals surface area (Å²) in [6.07, 6.45) is 7.88. The third kappa shape index (κ3) is 4.95. The minimum Gasteiger partial charge on any atom is -0.342 e. The number of halogens is 1. The number of likely N-dealkylation sites (tertiary alicyclic amines) is 1. The number of nitrogens with zero attached hydrogens (tertiary/aromatic N) is 2. The summed E-state index contributed by atoms with van der Waals surface area (Å²) in [7, 11) is 0. The smallest absolute Gasteiger partial charge is 0.226 e. The zero-order valence-corrected chi connectivity index (χ0v) is 18.8. The van der Waals surface area contributed by atoms with Gasteiger partial charge in [0.1, 0.15) is 0 Å². The molecule has 2 heterocycles. The van der Waals surface area contributed by atoms with Gasteiger partial charge in [0.05, 0.1) is 0 Å². The first-order valence-electron chi connectivity index (χ1n) is 11.1. The minimum atomic E-state index is 0.189. The molecular formula is C26H31ClN2O. The molecule has 1 saturated heterocycles. The third-order valence-electron chi connectivity index (χ3n) is 6.87. The predicted octanol–water partition coefficient (Wildman–Crippen LogP) is 6.17. The van der Waals surface area contributed by atoms with Crippen molar-refractivity contribution in [2.45, 2.75) is 58.3 Å². The van der Waals surface area contributed by atoms with Crippen molar-refractivity contribution in [2.75, 3.05) is 13.1 Å². The molecule has 30 heavy (non-hydrogen) atoms. The SMILES string of the molecule is CC1=C(C)C[C@@H](C(=O)N2CCC(c3ccc(Cc4cccc(Cl)c4)cn3)CC2)CC1. The topological polar surface area (TPSA) is 33.2 Å². The van der Waals surface area contributed by atoms with Crippen LogP contribution in [0.3, 0.4) is 0 Å². The Bertz CT molecular complexity index is 926. The molecule has 2 aromatic rings. The van der Waals surface area contributed by atoms with Crippen LogP contribution in [0.15, 0.2) is 53.7 Å². The molecule has 1 aromatic carbocycles. The van der Waals surface area contributed by atoms with E-state index >= 15 is 0 Å². The maximum Gasteiger partial charge on any atom is 0.226 e. The molecule has 0 saturated carbocycles. The molecule has 4 heteroatoms. The van der Waals surface area contributed by atoms with Crippen molar-refractivity contribution in [3.63, 3.8) is 0 Å². The quantitative estimate of drug-likeness (QED) is 0.552. The Balaban J connectivity index is 1.31. The molecule has 0 N–H and O–H groups in total. The van der Waals surface area contributed by atoms with Gasteiger partial charge < -0.3 is 4.90 Å². The van der Waals surface area contributed by atoms with Gasteiger partial charge in [-0.05, 0) is 81.7 Å². The Hall–Kier alpha value is -2.13. The van der Waals surface area contributed by atoms with Crippen LogP contribution in [0.2, 0.25) is 5.02 Å². The highest BCUT2D eigenvalue weighted by Gasteiger charge is 2.30. The molecule has 0 spiro atoms. The van der Waals surface area contributed by atoms with E-state index in [1.165, 1.54) is 22.3 Å². The van der Waals surface area contributed by atoms with E-state index in [1.54, 1.807) is 0 Å². The Labute approximate surface area is 185 Å². The molecule has 158 valence electrons. The molecule has 0 radical (unpaired) electrons. The van der Waals surface area contributed by atoms with Crippen LogP contribution in [0.5, 0.6) is 0 Å². The number of pyridine rings is 1. The zero-order chi connectivity index (χ0) is 21.1. The Morgan fingerprint density at radius 2 is 1.87 bits per heavy atom. The number of carbonyl (C=O) groups excluding carboxylic acids is 1. The summed E-state index contributed by atoms with van der Waals surface area (Å²) in [5.41, 5.74) is 6.44. The van der Waals surface area contributed by atoms with Crippen molar-refractivity contribution < 1.29 is 4.79 Å². The monoisotopic (exact) mass is 422 g/mol. The van der Waals surface area contributed by atoms with Gasteiger partial charge in [-0.2, -0.15) is 0 Å². The highest BCUT2D eigenvalue weighted by Crippen LogP contribution is 2.33. The summed E-state index contributed by atoms with van der Waals surface area (Å²) >= 11 is 6.09. The van der Waals surface area contributed by atoms with E-state index < -0.39 is 0 Å². The van der Waals surface area contributed by atoms with Crippen LogP contribution in [0.4, 0.5) is 0 Å². The summed E-state index contributed by atoms with van der Waals surface area (Å²) in [5, 5.41) is 0.771. The van der Waals surface area contributed by atoms with Gasteiger partial charge in [0.15, 0.2) is 0 Å². The van der Waals surface area contributed by atoms with E-state index in [0.717, 1.165) is 62.3 Å². The lowest BCUT2D eigenvalue weighted by molar-refractivity contribution is -0.137. The van der Waals surface area contributed by atoms with E-state index in [4.69, 9.17) is 16.6 Å². The van der Waals surface area contributed by atoms with Crippen molar-refractivity contribution in [1.82, 2.24) is 9.88 Å². The van der Waals surface area contributed by atoms with Crippen molar-refractivity contribution in [3.05, 3.63) is 75.6 Å². The number of piperidine rings is 1. The average molecular weight is 423 g/mol. The second-order valence-electron chi connectivity index (χ2n) is 9.00. The third-order valence-corrected chi connectivity index (χ3v) is 7.10. The Morgan fingerprint density at radius 3 is 2.53 bits per heavy atom. The number of rotatable bonds is 4. The number of carbonyl (C=O) groups is 1. The number of aromatic nitrogens is 1. The second kappa shape index (κ2) is 9.34. The highest BCUT2D eigenvalue weighted by molar-refractivity contribution is 6.30. The lowest BCUT2D eigenvalue weighted by Crippen LogP contribution is -2.42. The van der Waals surface area contributed by atoms with Crippen LogP contribution >= 0.6 is 11.6 Å². The Morgan fingerprint density at radius 1 is 1.07 bits per heavy atom. The lowest BCUT2D eigenvalue weighted by Gasteiger charge is -2.35.